The fourth-order valence-electron chi connectivity index (χ4n) is 3.13. The van der Waals surface area contributed by atoms with E-state index in [0.29, 0.717) is 6.42 Å². The van der Waals surface area contributed by atoms with Crippen molar-refractivity contribution < 1.29 is 9.59 Å². The summed E-state index contributed by atoms with van der Waals surface area (Å²) >= 11 is 0. The summed E-state index contributed by atoms with van der Waals surface area (Å²) in [6, 6.07) is 13.5. The highest BCUT2D eigenvalue weighted by atomic mass is 16.2. The van der Waals surface area contributed by atoms with Crippen molar-refractivity contribution in [1.82, 2.24) is 0 Å². The second kappa shape index (κ2) is 7.38. The van der Waals surface area contributed by atoms with Crippen molar-refractivity contribution in [2.75, 3.05) is 28.6 Å². The molecule has 1 fully saturated rings. The normalized spacial score (nSPS) is 13.8. The van der Waals surface area contributed by atoms with E-state index in [4.69, 9.17) is 0 Å². The fourth-order valence-corrected chi connectivity index (χ4v) is 3.13. The zero-order chi connectivity index (χ0) is 17.8. The number of carbonyl (C=O) groups is 2. The number of para-hydroxylation sites is 3. The second-order valence-electron chi connectivity index (χ2n) is 6.33. The Labute approximate surface area is 148 Å². The number of amides is 2. The molecular weight excluding hydrogens is 314 g/mol. The van der Waals surface area contributed by atoms with E-state index in [2.05, 4.69) is 10.6 Å². The highest BCUT2D eigenvalue weighted by Gasteiger charge is 2.23. The van der Waals surface area contributed by atoms with Crippen LogP contribution in [0.3, 0.4) is 0 Å². The van der Waals surface area contributed by atoms with Crippen molar-refractivity contribution in [2.45, 2.75) is 26.7 Å². The lowest BCUT2D eigenvalue weighted by molar-refractivity contribution is -0.117. The van der Waals surface area contributed by atoms with Crippen LogP contribution >= 0.6 is 0 Å². The van der Waals surface area contributed by atoms with Gasteiger partial charge in [-0.1, -0.05) is 30.3 Å². The van der Waals surface area contributed by atoms with Crippen LogP contribution in [-0.4, -0.2) is 24.9 Å². The lowest BCUT2D eigenvalue weighted by Crippen LogP contribution is -2.27. The first-order valence-corrected chi connectivity index (χ1v) is 8.55. The summed E-state index contributed by atoms with van der Waals surface area (Å²) in [4.78, 5) is 26.1. The second-order valence-corrected chi connectivity index (χ2v) is 6.33. The van der Waals surface area contributed by atoms with E-state index in [0.717, 1.165) is 41.2 Å². The molecule has 0 bridgehead atoms. The molecule has 1 aliphatic rings. The molecular formula is C20H23N3O2. The molecule has 0 atom stereocenters. The van der Waals surface area contributed by atoms with Gasteiger partial charge in [-0.2, -0.15) is 0 Å². The number of hydrogen-bond donors (Lipinski definition) is 2. The summed E-state index contributed by atoms with van der Waals surface area (Å²) in [6.45, 7) is 4.83. The Morgan fingerprint density at radius 1 is 1.08 bits per heavy atom. The number of benzene rings is 2. The number of carbonyl (C=O) groups excluding carboxylic acids is 2. The molecule has 0 aliphatic carbocycles. The number of rotatable bonds is 5. The van der Waals surface area contributed by atoms with Gasteiger partial charge in [0.2, 0.25) is 11.8 Å². The lowest BCUT2D eigenvalue weighted by Gasteiger charge is -2.20. The Kier molecular flexibility index (Phi) is 5.03. The van der Waals surface area contributed by atoms with Crippen molar-refractivity contribution in [1.29, 1.82) is 0 Å². The van der Waals surface area contributed by atoms with Crippen LogP contribution in [-0.2, 0) is 9.59 Å². The first kappa shape index (κ1) is 17.0. The molecule has 0 aromatic heterocycles. The summed E-state index contributed by atoms with van der Waals surface area (Å²) in [5.74, 6) is 0.0224. The van der Waals surface area contributed by atoms with Crippen molar-refractivity contribution in [3.8, 4) is 0 Å². The van der Waals surface area contributed by atoms with Crippen molar-refractivity contribution in [2.24, 2.45) is 0 Å². The van der Waals surface area contributed by atoms with Crippen molar-refractivity contribution >= 4 is 28.9 Å². The number of nitrogens with zero attached hydrogens (tertiary/aromatic N) is 1. The number of hydrogen-bond acceptors (Lipinski definition) is 3. The topological polar surface area (TPSA) is 61.4 Å². The highest BCUT2D eigenvalue weighted by Crippen LogP contribution is 2.29. The molecule has 3 rings (SSSR count). The molecule has 0 saturated carbocycles. The smallest absolute Gasteiger partial charge is 0.243 e. The summed E-state index contributed by atoms with van der Waals surface area (Å²) in [6.07, 6.45) is 1.46. The van der Waals surface area contributed by atoms with Crippen LogP contribution < -0.4 is 15.5 Å². The third-order valence-electron chi connectivity index (χ3n) is 4.45. The van der Waals surface area contributed by atoms with Gasteiger partial charge in [0, 0.05) is 18.7 Å². The molecule has 1 saturated heterocycles. The molecule has 0 radical (unpaired) electrons. The molecule has 25 heavy (non-hydrogen) atoms. The number of anilines is 3. The minimum absolute atomic E-state index is 0.111. The van der Waals surface area contributed by atoms with Gasteiger partial charge < -0.3 is 15.5 Å². The van der Waals surface area contributed by atoms with E-state index < -0.39 is 0 Å². The SMILES string of the molecule is Cc1cccc(C)c1NC(=O)CNc1ccccc1N1CCCC1=O. The summed E-state index contributed by atoms with van der Waals surface area (Å²) in [7, 11) is 0. The zero-order valence-electron chi connectivity index (χ0n) is 14.6. The van der Waals surface area contributed by atoms with E-state index in [1.54, 1.807) is 4.90 Å². The van der Waals surface area contributed by atoms with Crippen molar-refractivity contribution in [3.63, 3.8) is 0 Å². The van der Waals surface area contributed by atoms with Gasteiger partial charge >= 0.3 is 0 Å². The van der Waals surface area contributed by atoms with Gasteiger partial charge in [0.1, 0.15) is 0 Å². The van der Waals surface area contributed by atoms with Crippen LogP contribution in [0.4, 0.5) is 17.1 Å². The maximum Gasteiger partial charge on any atom is 0.243 e. The Morgan fingerprint density at radius 3 is 2.48 bits per heavy atom. The van der Waals surface area contributed by atoms with Gasteiger partial charge in [0.05, 0.1) is 17.9 Å². The molecule has 2 aromatic carbocycles. The van der Waals surface area contributed by atoms with Crippen LogP contribution in [0, 0.1) is 13.8 Å². The lowest BCUT2D eigenvalue weighted by atomic mass is 10.1. The van der Waals surface area contributed by atoms with Gasteiger partial charge in [-0.3, -0.25) is 9.59 Å². The largest absolute Gasteiger partial charge is 0.374 e. The van der Waals surface area contributed by atoms with Gasteiger partial charge in [0.25, 0.3) is 0 Å². The van der Waals surface area contributed by atoms with Crippen LogP contribution in [0.15, 0.2) is 42.5 Å². The van der Waals surface area contributed by atoms with Crippen LogP contribution in [0.5, 0.6) is 0 Å². The Morgan fingerprint density at radius 2 is 1.80 bits per heavy atom. The predicted octanol–water partition coefficient (Wildman–Crippen LogP) is 3.48. The molecule has 5 heteroatoms. The third-order valence-corrected chi connectivity index (χ3v) is 4.45. The maximum absolute atomic E-state index is 12.3. The van der Waals surface area contributed by atoms with Gasteiger partial charge in [0.15, 0.2) is 0 Å². The maximum atomic E-state index is 12.3. The minimum atomic E-state index is -0.111. The fraction of sp³-hybridized carbons (Fsp3) is 0.300. The van der Waals surface area contributed by atoms with E-state index in [-0.39, 0.29) is 18.4 Å². The van der Waals surface area contributed by atoms with E-state index in [9.17, 15) is 9.59 Å². The van der Waals surface area contributed by atoms with Crippen molar-refractivity contribution in [3.05, 3.63) is 53.6 Å². The van der Waals surface area contributed by atoms with Gasteiger partial charge in [-0.25, -0.2) is 0 Å². The monoisotopic (exact) mass is 337 g/mol. The highest BCUT2D eigenvalue weighted by molar-refractivity contribution is 5.99. The van der Waals surface area contributed by atoms with Crippen LogP contribution in [0.25, 0.3) is 0 Å². The summed E-state index contributed by atoms with van der Waals surface area (Å²) < 4.78 is 0. The first-order valence-electron chi connectivity index (χ1n) is 8.55. The Hall–Kier alpha value is -2.82. The van der Waals surface area contributed by atoms with E-state index in [1.807, 2.05) is 56.3 Å². The third kappa shape index (κ3) is 3.82. The molecule has 1 aliphatic heterocycles. The van der Waals surface area contributed by atoms with Crippen LogP contribution in [0.2, 0.25) is 0 Å². The van der Waals surface area contributed by atoms with E-state index >= 15 is 0 Å². The summed E-state index contributed by atoms with van der Waals surface area (Å²) in [5.41, 5.74) is 4.57. The molecule has 2 aromatic rings. The summed E-state index contributed by atoms with van der Waals surface area (Å²) in [5, 5.41) is 6.13. The predicted molar refractivity (Wildman–Crippen MR) is 101 cm³/mol. The Bertz CT molecular complexity index is 781. The standard InChI is InChI=1S/C20H23N3O2/c1-14-7-5-8-15(2)20(14)22-18(24)13-21-16-9-3-4-10-17(16)23-12-6-11-19(23)25/h3-5,7-10,21H,6,11-13H2,1-2H3,(H,22,24). The van der Waals surface area contributed by atoms with Gasteiger partial charge in [-0.15, -0.1) is 0 Å². The number of nitrogens with one attached hydrogen (secondary N) is 2. The minimum Gasteiger partial charge on any atom is -0.374 e. The average Bonchev–Trinajstić information content (AvgIpc) is 3.02. The molecule has 1 heterocycles. The molecule has 130 valence electrons. The Balaban J connectivity index is 1.68. The molecule has 2 amide bonds. The molecule has 2 N–H and O–H groups in total. The quantitative estimate of drug-likeness (QED) is 0.878. The van der Waals surface area contributed by atoms with Crippen LogP contribution in [0.1, 0.15) is 24.0 Å². The van der Waals surface area contributed by atoms with Gasteiger partial charge in [-0.05, 0) is 43.5 Å². The average molecular weight is 337 g/mol. The molecule has 5 nitrogen and oxygen atoms in total. The number of aryl methyl sites for hydroxylation is 2. The molecule has 0 spiro atoms. The van der Waals surface area contributed by atoms with E-state index in [1.165, 1.54) is 0 Å². The molecule has 0 unspecified atom stereocenters. The first-order chi connectivity index (χ1) is 12.1. The zero-order valence-corrected chi connectivity index (χ0v) is 14.6.